The van der Waals surface area contributed by atoms with E-state index in [1.54, 1.807) is 0 Å². The zero-order chi connectivity index (χ0) is 7.97. The average molecular weight is 166 g/mol. The van der Waals surface area contributed by atoms with E-state index in [0.29, 0.717) is 0 Å². The lowest BCUT2D eigenvalue weighted by atomic mass is 9.76. The van der Waals surface area contributed by atoms with Crippen molar-refractivity contribution in [3.63, 3.8) is 0 Å². The molecule has 1 saturated heterocycles. The minimum Gasteiger partial charge on any atom is -0.300 e. The van der Waals surface area contributed by atoms with Gasteiger partial charge in [0.25, 0.3) is 0 Å². The van der Waals surface area contributed by atoms with Crippen molar-refractivity contribution in [3.05, 3.63) is 0 Å². The van der Waals surface area contributed by atoms with Crippen LogP contribution in [-0.4, -0.2) is 18.8 Å². The van der Waals surface area contributed by atoms with E-state index in [9.17, 15) is 0 Å². The normalized spacial score (nSPS) is 52.0. The van der Waals surface area contributed by atoms with Crippen LogP contribution >= 0.6 is 0 Å². The molecule has 0 radical (unpaired) electrons. The zero-order valence-electron chi connectivity index (χ0n) is 7.55. The second kappa shape index (κ2) is 2.71. The van der Waals surface area contributed by atoms with Gasteiger partial charge in [0.05, 0.1) is 0 Å². The lowest BCUT2D eigenvalue weighted by molar-refractivity contribution is 0.207. The molecule has 0 aromatic rings. The topological polar surface area (TPSA) is 24.1 Å². The molecule has 0 amide bonds. The minimum absolute atomic E-state index is 0.810. The predicted octanol–water partition coefficient (Wildman–Crippen LogP) is 1.08. The monoisotopic (exact) mass is 166 g/mol. The highest BCUT2D eigenvalue weighted by atomic mass is 15.2. The summed E-state index contributed by atoms with van der Waals surface area (Å²) in [5.74, 6) is 2.08. The van der Waals surface area contributed by atoms with Crippen LogP contribution in [0.4, 0.5) is 0 Å². The molecule has 3 fully saturated rings. The lowest BCUT2D eigenvalue weighted by Gasteiger charge is -2.35. The molecule has 2 N–H and O–H groups in total. The molecule has 1 aliphatic heterocycles. The van der Waals surface area contributed by atoms with Crippen LogP contribution in [0.3, 0.4) is 0 Å². The fourth-order valence-corrected chi connectivity index (χ4v) is 3.60. The molecule has 2 saturated carbocycles. The largest absolute Gasteiger partial charge is 0.300 e. The molecule has 0 aromatic heterocycles. The van der Waals surface area contributed by atoms with Crippen molar-refractivity contribution in [1.82, 2.24) is 10.6 Å². The Morgan fingerprint density at radius 2 is 1.92 bits per heavy atom. The fourth-order valence-electron chi connectivity index (χ4n) is 3.60. The average Bonchev–Trinajstić information content (AvgIpc) is 2.71. The van der Waals surface area contributed by atoms with E-state index in [1.807, 2.05) is 0 Å². The third-order valence-corrected chi connectivity index (χ3v) is 4.16. The molecule has 4 atom stereocenters. The predicted molar refractivity (Wildman–Crippen MR) is 48.8 cm³/mol. The fraction of sp³-hybridized carbons (Fsp3) is 1.00. The molecule has 0 aromatic carbocycles. The minimum atomic E-state index is 0.810. The summed E-state index contributed by atoms with van der Waals surface area (Å²) in [4.78, 5) is 0. The summed E-state index contributed by atoms with van der Waals surface area (Å²) < 4.78 is 0. The number of rotatable bonds is 0. The molecular weight excluding hydrogens is 148 g/mol. The number of nitrogens with one attached hydrogen (secondary N) is 2. The Labute approximate surface area is 74.1 Å². The molecule has 0 spiro atoms. The van der Waals surface area contributed by atoms with Crippen LogP contribution in [0, 0.1) is 11.8 Å². The van der Waals surface area contributed by atoms with Gasteiger partial charge in [-0.1, -0.05) is 12.8 Å². The maximum atomic E-state index is 3.62. The Hall–Kier alpha value is -0.0800. The van der Waals surface area contributed by atoms with E-state index in [0.717, 1.165) is 30.6 Å². The third-order valence-electron chi connectivity index (χ3n) is 4.16. The Morgan fingerprint density at radius 1 is 0.917 bits per heavy atom. The lowest BCUT2D eigenvalue weighted by Crippen LogP contribution is -2.45. The summed E-state index contributed by atoms with van der Waals surface area (Å²) in [6, 6.07) is 1.63. The van der Waals surface area contributed by atoms with Gasteiger partial charge in [-0.15, -0.1) is 0 Å². The maximum absolute atomic E-state index is 3.62. The Bertz CT molecular complexity index is 161. The third kappa shape index (κ3) is 0.944. The van der Waals surface area contributed by atoms with Crippen LogP contribution in [-0.2, 0) is 0 Å². The smallest absolute Gasteiger partial charge is 0.0459 e. The molecule has 68 valence electrons. The first-order valence-electron chi connectivity index (χ1n) is 5.42. The first-order valence-corrected chi connectivity index (χ1v) is 5.42. The van der Waals surface area contributed by atoms with Crippen molar-refractivity contribution in [3.8, 4) is 0 Å². The van der Waals surface area contributed by atoms with E-state index < -0.39 is 0 Å². The highest BCUT2D eigenvalue weighted by Crippen LogP contribution is 2.42. The van der Waals surface area contributed by atoms with Crippen LogP contribution in [0.2, 0.25) is 0 Å². The van der Waals surface area contributed by atoms with Crippen LogP contribution < -0.4 is 10.6 Å². The van der Waals surface area contributed by atoms with Crippen molar-refractivity contribution in [2.75, 3.05) is 6.67 Å². The van der Waals surface area contributed by atoms with E-state index in [1.165, 1.54) is 32.1 Å². The molecule has 2 aliphatic carbocycles. The van der Waals surface area contributed by atoms with Crippen molar-refractivity contribution >= 4 is 0 Å². The first-order chi connectivity index (χ1) is 5.95. The van der Waals surface area contributed by atoms with E-state index in [-0.39, 0.29) is 0 Å². The molecule has 3 aliphatic rings. The van der Waals surface area contributed by atoms with E-state index in [2.05, 4.69) is 10.6 Å². The second-order valence-corrected chi connectivity index (χ2v) is 4.65. The summed E-state index contributed by atoms with van der Waals surface area (Å²) in [5.41, 5.74) is 0. The second-order valence-electron chi connectivity index (χ2n) is 4.65. The van der Waals surface area contributed by atoms with Crippen LogP contribution in [0.25, 0.3) is 0 Å². The van der Waals surface area contributed by atoms with E-state index in [4.69, 9.17) is 0 Å². The van der Waals surface area contributed by atoms with E-state index >= 15 is 0 Å². The van der Waals surface area contributed by atoms with Gasteiger partial charge in [-0.2, -0.15) is 0 Å². The van der Waals surface area contributed by atoms with Crippen LogP contribution in [0.5, 0.6) is 0 Å². The molecule has 1 heterocycles. The Morgan fingerprint density at radius 3 is 2.92 bits per heavy atom. The Kier molecular flexibility index (Phi) is 1.66. The van der Waals surface area contributed by atoms with Crippen molar-refractivity contribution in [2.24, 2.45) is 11.8 Å². The maximum Gasteiger partial charge on any atom is 0.0459 e. The van der Waals surface area contributed by atoms with Crippen molar-refractivity contribution < 1.29 is 0 Å². The van der Waals surface area contributed by atoms with Crippen molar-refractivity contribution in [1.29, 1.82) is 0 Å². The standard InChI is InChI=1S/C10H18N2/c1-2-7-4-5-9-10(8(7)3-1)12-6-11-9/h7-12H,1-6H2. The van der Waals surface area contributed by atoms with Gasteiger partial charge in [-0.3, -0.25) is 5.32 Å². The SMILES string of the molecule is C1CC2CCC3NCNC3C2C1. The van der Waals surface area contributed by atoms with Gasteiger partial charge in [-0.05, 0) is 31.1 Å². The summed E-state index contributed by atoms with van der Waals surface area (Å²) in [6.45, 7) is 1.05. The van der Waals surface area contributed by atoms with Gasteiger partial charge in [0.2, 0.25) is 0 Å². The highest BCUT2D eigenvalue weighted by molar-refractivity contribution is 5.00. The quantitative estimate of drug-likeness (QED) is 0.563. The Balaban J connectivity index is 1.81. The number of fused-ring (bicyclic) bond motifs is 3. The summed E-state index contributed by atoms with van der Waals surface area (Å²) in [7, 11) is 0. The summed E-state index contributed by atoms with van der Waals surface area (Å²) in [5, 5.41) is 7.18. The number of hydrogen-bond acceptors (Lipinski definition) is 2. The molecule has 0 bridgehead atoms. The van der Waals surface area contributed by atoms with Gasteiger partial charge in [0.1, 0.15) is 0 Å². The molecule has 3 rings (SSSR count). The molecular formula is C10H18N2. The van der Waals surface area contributed by atoms with Crippen LogP contribution in [0.1, 0.15) is 32.1 Å². The zero-order valence-corrected chi connectivity index (χ0v) is 7.55. The first kappa shape index (κ1) is 7.34. The van der Waals surface area contributed by atoms with Gasteiger partial charge in [-0.25, -0.2) is 0 Å². The summed E-state index contributed by atoms with van der Waals surface area (Å²) >= 11 is 0. The summed E-state index contributed by atoms with van der Waals surface area (Å²) in [6.07, 6.45) is 7.38. The van der Waals surface area contributed by atoms with Gasteiger partial charge in [0, 0.05) is 18.8 Å². The number of hydrogen-bond donors (Lipinski definition) is 2. The van der Waals surface area contributed by atoms with Gasteiger partial charge in [0.15, 0.2) is 0 Å². The van der Waals surface area contributed by atoms with Gasteiger partial charge < -0.3 is 5.32 Å². The highest BCUT2D eigenvalue weighted by Gasteiger charge is 2.43. The molecule has 12 heavy (non-hydrogen) atoms. The van der Waals surface area contributed by atoms with Crippen LogP contribution in [0.15, 0.2) is 0 Å². The molecule has 2 heteroatoms. The van der Waals surface area contributed by atoms with Gasteiger partial charge >= 0.3 is 0 Å². The molecule has 2 nitrogen and oxygen atoms in total. The van der Waals surface area contributed by atoms with Crippen molar-refractivity contribution in [2.45, 2.75) is 44.2 Å². The molecule has 4 unspecified atom stereocenters.